The Morgan fingerprint density at radius 1 is 1.03 bits per heavy atom. The lowest BCUT2D eigenvalue weighted by Gasteiger charge is -2.20. The number of carbonyl (C=O) groups is 2. The Morgan fingerprint density at radius 2 is 1.81 bits per heavy atom. The van der Waals surface area contributed by atoms with Crippen LogP contribution < -0.4 is 20.0 Å². The Morgan fingerprint density at radius 3 is 2.62 bits per heavy atom. The Labute approximate surface area is 211 Å². The Kier molecular flexibility index (Phi) is 6.17. The predicted octanol–water partition coefficient (Wildman–Crippen LogP) is 2.41. The number of fused-ring (bicyclic) bond motifs is 2. The van der Waals surface area contributed by atoms with E-state index in [9.17, 15) is 22.8 Å². The van der Waals surface area contributed by atoms with Crippen LogP contribution in [0.25, 0.3) is 11.0 Å². The number of aromatic amines is 2. The molecule has 0 spiro atoms. The van der Waals surface area contributed by atoms with Gasteiger partial charge in [-0.15, -0.1) is 0 Å². The number of ether oxygens (including phenoxy) is 2. The van der Waals surface area contributed by atoms with Gasteiger partial charge in [0.05, 0.1) is 28.7 Å². The largest absolute Gasteiger partial charge is 0.496 e. The summed E-state index contributed by atoms with van der Waals surface area (Å²) in [6.07, 6.45) is 0.586. The number of hydrogen-bond donors (Lipinski definition) is 3. The molecule has 11 nitrogen and oxygen atoms in total. The minimum atomic E-state index is -3.96. The fourth-order valence-electron chi connectivity index (χ4n) is 4.21. The maximum Gasteiger partial charge on any atom is 0.342 e. The van der Waals surface area contributed by atoms with Crippen molar-refractivity contribution in [3.63, 3.8) is 0 Å². The van der Waals surface area contributed by atoms with Crippen molar-refractivity contribution in [1.29, 1.82) is 0 Å². The number of methoxy groups -OCH3 is 1. The van der Waals surface area contributed by atoms with Crippen molar-refractivity contribution in [1.82, 2.24) is 9.97 Å². The van der Waals surface area contributed by atoms with E-state index in [-0.39, 0.29) is 28.4 Å². The van der Waals surface area contributed by atoms with Crippen molar-refractivity contribution in [3.8, 4) is 5.75 Å². The molecule has 0 radical (unpaired) electrons. The Hall–Kier alpha value is -4.58. The summed E-state index contributed by atoms with van der Waals surface area (Å²) in [5.74, 6) is -1.44. The molecular weight excluding hydrogens is 500 g/mol. The Bertz CT molecular complexity index is 1690. The molecule has 37 heavy (non-hydrogen) atoms. The maximum absolute atomic E-state index is 13.4. The second-order valence-electron chi connectivity index (χ2n) is 8.28. The molecule has 1 aliphatic rings. The van der Waals surface area contributed by atoms with Gasteiger partial charge in [-0.3, -0.25) is 9.10 Å². The number of esters is 1. The summed E-state index contributed by atoms with van der Waals surface area (Å²) in [4.78, 5) is 41.7. The van der Waals surface area contributed by atoms with Gasteiger partial charge in [0.15, 0.2) is 6.61 Å². The third-order valence-corrected chi connectivity index (χ3v) is 7.77. The van der Waals surface area contributed by atoms with E-state index in [1.165, 1.54) is 29.6 Å². The van der Waals surface area contributed by atoms with Crippen molar-refractivity contribution in [2.75, 3.05) is 29.9 Å². The summed E-state index contributed by atoms with van der Waals surface area (Å²) in [5, 5.41) is 2.57. The lowest BCUT2D eigenvalue weighted by atomic mass is 10.2. The number of hydrogen-bond acceptors (Lipinski definition) is 7. The van der Waals surface area contributed by atoms with Crippen LogP contribution in [0, 0.1) is 0 Å². The number of nitrogens with zero attached hydrogens (tertiary/aromatic N) is 1. The van der Waals surface area contributed by atoms with Gasteiger partial charge in [-0.25, -0.2) is 18.0 Å². The van der Waals surface area contributed by atoms with Gasteiger partial charge in [-0.1, -0.05) is 18.2 Å². The molecule has 1 aliphatic heterocycles. The molecule has 12 heteroatoms. The summed E-state index contributed by atoms with van der Waals surface area (Å²) in [7, 11) is -2.62. The number of rotatable bonds is 7. The molecule has 1 aromatic heterocycles. The molecule has 3 aromatic carbocycles. The van der Waals surface area contributed by atoms with Crippen molar-refractivity contribution in [2.45, 2.75) is 11.3 Å². The van der Waals surface area contributed by atoms with Crippen LogP contribution in [0.15, 0.2) is 70.4 Å². The molecular formula is C25H22N4O7S. The van der Waals surface area contributed by atoms with Crippen LogP contribution in [0.1, 0.15) is 15.9 Å². The average Bonchev–Trinajstić information content (AvgIpc) is 3.49. The number of H-pyrrole nitrogens is 2. The molecule has 5 rings (SSSR count). The molecule has 0 unspecified atom stereocenters. The zero-order valence-electron chi connectivity index (χ0n) is 19.6. The minimum Gasteiger partial charge on any atom is -0.496 e. The van der Waals surface area contributed by atoms with Crippen molar-refractivity contribution >= 4 is 44.3 Å². The minimum absolute atomic E-state index is 0.102. The van der Waals surface area contributed by atoms with E-state index < -0.39 is 28.5 Å². The van der Waals surface area contributed by atoms with Crippen LogP contribution in [0.2, 0.25) is 0 Å². The van der Waals surface area contributed by atoms with E-state index in [1.807, 2.05) is 12.1 Å². The van der Waals surface area contributed by atoms with Gasteiger partial charge in [0.1, 0.15) is 11.3 Å². The van der Waals surface area contributed by atoms with E-state index in [0.29, 0.717) is 28.8 Å². The van der Waals surface area contributed by atoms with Crippen LogP contribution in [0.5, 0.6) is 5.75 Å². The zero-order chi connectivity index (χ0) is 26.2. The first-order chi connectivity index (χ1) is 17.8. The molecule has 0 saturated heterocycles. The number of aromatic nitrogens is 2. The first kappa shape index (κ1) is 24.1. The molecule has 3 N–H and O–H groups in total. The molecule has 0 fully saturated rings. The van der Waals surface area contributed by atoms with Gasteiger partial charge in [-0.2, -0.15) is 0 Å². The number of carbonyl (C=O) groups excluding carboxylic acids is 2. The summed E-state index contributed by atoms with van der Waals surface area (Å²) in [6.45, 7) is -0.337. The zero-order valence-corrected chi connectivity index (χ0v) is 20.4. The number of sulfonamides is 1. The van der Waals surface area contributed by atoms with E-state index in [4.69, 9.17) is 9.47 Å². The topological polar surface area (TPSA) is 151 Å². The second-order valence-corrected chi connectivity index (χ2v) is 10.1. The first-order valence-electron chi connectivity index (χ1n) is 11.2. The molecule has 4 aromatic rings. The van der Waals surface area contributed by atoms with Crippen LogP contribution in [0.4, 0.5) is 11.4 Å². The second kappa shape index (κ2) is 9.47. The number of nitrogens with one attached hydrogen (secondary N) is 3. The van der Waals surface area contributed by atoms with Crippen LogP contribution in [0.3, 0.4) is 0 Å². The fraction of sp³-hybridized carbons (Fsp3) is 0.160. The van der Waals surface area contributed by atoms with Crippen LogP contribution >= 0.6 is 0 Å². The molecule has 0 aliphatic carbocycles. The lowest BCUT2D eigenvalue weighted by molar-refractivity contribution is -0.119. The van der Waals surface area contributed by atoms with Crippen molar-refractivity contribution in [2.24, 2.45) is 0 Å². The quantitative estimate of drug-likeness (QED) is 0.315. The van der Waals surface area contributed by atoms with Gasteiger partial charge < -0.3 is 24.8 Å². The van der Waals surface area contributed by atoms with Gasteiger partial charge >= 0.3 is 11.7 Å². The molecule has 0 bridgehead atoms. The highest BCUT2D eigenvalue weighted by molar-refractivity contribution is 7.92. The smallest absolute Gasteiger partial charge is 0.342 e. The number of imidazole rings is 1. The van der Waals surface area contributed by atoms with E-state index >= 15 is 0 Å². The standard InChI is InChI=1S/C25H22N4O7S/c1-35-22-9-7-17(37(33,34)29-11-10-15-4-2-3-5-21(15)29)13-18(22)24(31)36-14-23(30)26-16-6-8-19-20(12-16)28-25(32)27-19/h2-9,12-13H,10-11,14H2,1H3,(H,26,30)(H2,27,28,32). The Balaban J connectivity index is 1.31. The highest BCUT2D eigenvalue weighted by Crippen LogP contribution is 2.34. The third-order valence-electron chi connectivity index (χ3n) is 5.96. The van der Waals surface area contributed by atoms with Gasteiger partial charge in [0.25, 0.3) is 15.9 Å². The summed E-state index contributed by atoms with van der Waals surface area (Å²) in [6, 6.07) is 15.9. The SMILES string of the molecule is COc1ccc(S(=O)(=O)N2CCc3ccccc32)cc1C(=O)OCC(=O)Nc1ccc2[nH]c(=O)[nH]c2c1. The van der Waals surface area contributed by atoms with E-state index in [1.54, 1.807) is 30.3 Å². The predicted molar refractivity (Wildman–Crippen MR) is 136 cm³/mol. The molecule has 0 saturated carbocycles. The number of amides is 1. The number of benzene rings is 3. The summed E-state index contributed by atoms with van der Waals surface area (Å²) < 4.78 is 38.4. The van der Waals surface area contributed by atoms with E-state index in [2.05, 4.69) is 15.3 Å². The number of anilines is 2. The van der Waals surface area contributed by atoms with Gasteiger partial charge in [0.2, 0.25) is 0 Å². The van der Waals surface area contributed by atoms with Gasteiger partial charge in [0, 0.05) is 12.2 Å². The highest BCUT2D eigenvalue weighted by Gasteiger charge is 2.32. The normalized spacial score (nSPS) is 12.8. The first-order valence-corrected chi connectivity index (χ1v) is 12.7. The summed E-state index contributed by atoms with van der Waals surface area (Å²) >= 11 is 0. The average molecular weight is 523 g/mol. The van der Waals surface area contributed by atoms with Gasteiger partial charge in [-0.05, 0) is 54.4 Å². The summed E-state index contributed by atoms with van der Waals surface area (Å²) in [5.41, 5.74) is 2.49. The third kappa shape index (κ3) is 4.66. The van der Waals surface area contributed by atoms with Crippen LogP contribution in [-0.4, -0.2) is 50.5 Å². The monoisotopic (exact) mass is 522 g/mol. The maximum atomic E-state index is 13.4. The fourth-order valence-corrected chi connectivity index (χ4v) is 5.74. The molecule has 2 heterocycles. The number of para-hydroxylation sites is 1. The van der Waals surface area contributed by atoms with E-state index in [0.717, 1.165) is 5.56 Å². The molecule has 190 valence electrons. The van der Waals surface area contributed by atoms with Crippen molar-refractivity contribution < 1.29 is 27.5 Å². The van der Waals surface area contributed by atoms with Crippen LogP contribution in [-0.2, 0) is 26.0 Å². The molecule has 1 amide bonds. The lowest BCUT2D eigenvalue weighted by Crippen LogP contribution is -2.29. The highest BCUT2D eigenvalue weighted by atomic mass is 32.2. The van der Waals surface area contributed by atoms with Crippen molar-refractivity contribution in [3.05, 3.63) is 82.3 Å². The molecule has 0 atom stereocenters.